The average molecular weight is 279 g/mol. The van der Waals surface area contributed by atoms with E-state index in [9.17, 15) is 0 Å². The number of hydrogen-bond acceptors (Lipinski definition) is 3. The summed E-state index contributed by atoms with van der Waals surface area (Å²) in [5.41, 5.74) is 3.81. The summed E-state index contributed by atoms with van der Waals surface area (Å²) in [6, 6.07) is 6.78. The van der Waals surface area contributed by atoms with Crippen molar-refractivity contribution in [2.45, 2.75) is 46.3 Å². The van der Waals surface area contributed by atoms with E-state index >= 15 is 0 Å². The van der Waals surface area contributed by atoms with Crippen molar-refractivity contribution in [1.29, 1.82) is 0 Å². The first-order valence-electron chi connectivity index (χ1n) is 7.29. The second kappa shape index (κ2) is 7.77. The lowest BCUT2D eigenvalue weighted by Crippen LogP contribution is -2.25. The molecule has 0 fully saturated rings. The van der Waals surface area contributed by atoms with Crippen LogP contribution in [0.15, 0.2) is 18.2 Å². The Labute approximate surface area is 123 Å². The molecule has 0 saturated carbocycles. The molecule has 1 rings (SSSR count). The van der Waals surface area contributed by atoms with Gasteiger partial charge in [-0.15, -0.1) is 0 Å². The largest absolute Gasteiger partial charge is 0.377 e. The highest BCUT2D eigenvalue weighted by Crippen LogP contribution is 2.17. The predicted molar refractivity (Wildman–Crippen MR) is 84.2 cm³/mol. The molecule has 0 aliphatic rings. The molecule has 0 bridgehead atoms. The number of ether oxygens (including phenoxy) is 2. The van der Waals surface area contributed by atoms with E-state index in [1.807, 2.05) is 7.05 Å². The van der Waals surface area contributed by atoms with Crippen LogP contribution >= 0.6 is 0 Å². The summed E-state index contributed by atoms with van der Waals surface area (Å²) in [6.45, 7) is 12.4. The molecule has 0 aromatic heterocycles. The summed E-state index contributed by atoms with van der Waals surface area (Å²) in [7, 11) is 1.97. The molecular weight excluding hydrogens is 250 g/mol. The molecule has 0 heterocycles. The van der Waals surface area contributed by atoms with E-state index in [1.54, 1.807) is 0 Å². The molecule has 1 aromatic carbocycles. The van der Waals surface area contributed by atoms with Gasteiger partial charge in [0.15, 0.2) is 0 Å². The van der Waals surface area contributed by atoms with Crippen LogP contribution in [0.4, 0.5) is 0 Å². The van der Waals surface area contributed by atoms with Gasteiger partial charge < -0.3 is 14.8 Å². The molecular formula is C17H29NO2. The predicted octanol–water partition coefficient (Wildman–Crippen LogP) is 3.40. The molecule has 20 heavy (non-hydrogen) atoms. The van der Waals surface area contributed by atoms with Gasteiger partial charge in [0.1, 0.15) is 0 Å². The highest BCUT2D eigenvalue weighted by molar-refractivity contribution is 5.31. The van der Waals surface area contributed by atoms with Crippen LogP contribution in [0.1, 0.15) is 43.5 Å². The van der Waals surface area contributed by atoms with E-state index in [4.69, 9.17) is 9.47 Å². The lowest BCUT2D eigenvalue weighted by atomic mass is 10.0. The summed E-state index contributed by atoms with van der Waals surface area (Å²) in [5, 5.41) is 3.31. The molecule has 0 aliphatic heterocycles. The maximum Gasteiger partial charge on any atom is 0.0707 e. The first-order chi connectivity index (χ1) is 9.33. The number of aryl methyl sites for hydroxylation is 2. The minimum atomic E-state index is -0.0974. The summed E-state index contributed by atoms with van der Waals surface area (Å²) < 4.78 is 11.4. The second-order valence-electron chi connectivity index (χ2n) is 6.22. The van der Waals surface area contributed by atoms with Crippen molar-refractivity contribution in [3.63, 3.8) is 0 Å². The van der Waals surface area contributed by atoms with Crippen molar-refractivity contribution in [3.05, 3.63) is 34.9 Å². The van der Waals surface area contributed by atoms with Crippen molar-refractivity contribution in [2.75, 3.05) is 26.9 Å². The van der Waals surface area contributed by atoms with Crippen LogP contribution in [0, 0.1) is 13.8 Å². The van der Waals surface area contributed by atoms with Gasteiger partial charge in [-0.25, -0.2) is 0 Å². The van der Waals surface area contributed by atoms with Crippen LogP contribution in [0.2, 0.25) is 0 Å². The Morgan fingerprint density at radius 3 is 2.35 bits per heavy atom. The van der Waals surface area contributed by atoms with Crippen LogP contribution in [0.25, 0.3) is 0 Å². The van der Waals surface area contributed by atoms with Crippen LogP contribution < -0.4 is 5.32 Å². The van der Waals surface area contributed by atoms with Gasteiger partial charge in [0, 0.05) is 0 Å². The lowest BCUT2D eigenvalue weighted by molar-refractivity contribution is -0.0372. The zero-order chi connectivity index (χ0) is 15.2. The minimum Gasteiger partial charge on any atom is -0.377 e. The Hall–Kier alpha value is -0.900. The molecule has 0 aliphatic carbocycles. The van der Waals surface area contributed by atoms with Gasteiger partial charge in [-0.2, -0.15) is 0 Å². The Morgan fingerprint density at radius 2 is 1.80 bits per heavy atom. The summed E-state index contributed by atoms with van der Waals surface area (Å²) in [6.07, 6.45) is 0. The maximum atomic E-state index is 5.72. The second-order valence-corrected chi connectivity index (χ2v) is 6.22. The van der Waals surface area contributed by atoms with Crippen LogP contribution in [-0.2, 0) is 9.47 Å². The van der Waals surface area contributed by atoms with Gasteiger partial charge in [-0.1, -0.05) is 18.2 Å². The first-order valence-corrected chi connectivity index (χ1v) is 7.29. The highest BCUT2D eigenvalue weighted by Gasteiger charge is 2.12. The van der Waals surface area contributed by atoms with E-state index in [0.717, 1.165) is 0 Å². The summed E-state index contributed by atoms with van der Waals surface area (Å²) in [4.78, 5) is 0. The highest BCUT2D eigenvalue weighted by atomic mass is 16.5. The quantitative estimate of drug-likeness (QED) is 0.776. The Morgan fingerprint density at radius 1 is 1.10 bits per heavy atom. The van der Waals surface area contributed by atoms with Crippen molar-refractivity contribution in [2.24, 2.45) is 0 Å². The van der Waals surface area contributed by atoms with Crippen molar-refractivity contribution in [1.82, 2.24) is 5.32 Å². The molecule has 3 nitrogen and oxygen atoms in total. The van der Waals surface area contributed by atoms with E-state index in [-0.39, 0.29) is 11.6 Å². The third-order valence-electron chi connectivity index (χ3n) is 3.33. The SMILES string of the molecule is CNC(COCCOC(C)(C)C)c1ccc(C)c(C)c1. The molecule has 1 atom stereocenters. The monoisotopic (exact) mass is 279 g/mol. The third-order valence-corrected chi connectivity index (χ3v) is 3.33. The molecule has 0 saturated heterocycles. The first kappa shape index (κ1) is 17.2. The normalized spacial score (nSPS) is 13.5. The van der Waals surface area contributed by atoms with Gasteiger partial charge in [0.05, 0.1) is 31.5 Å². The number of hydrogen-bond donors (Lipinski definition) is 1. The molecule has 0 spiro atoms. The number of rotatable bonds is 7. The van der Waals surface area contributed by atoms with Crippen molar-refractivity contribution in [3.8, 4) is 0 Å². The molecule has 114 valence electrons. The van der Waals surface area contributed by atoms with Gasteiger partial charge in [-0.05, 0) is 58.4 Å². The standard InChI is InChI=1S/C17H29NO2/c1-13-7-8-15(11-14(13)2)16(18-6)12-19-9-10-20-17(3,4)5/h7-8,11,16,18H,9-10,12H2,1-6H3. The van der Waals surface area contributed by atoms with E-state index in [2.05, 4.69) is 58.1 Å². The van der Waals surface area contributed by atoms with Gasteiger partial charge in [0.2, 0.25) is 0 Å². The maximum absolute atomic E-state index is 5.72. The van der Waals surface area contributed by atoms with Crippen LogP contribution in [-0.4, -0.2) is 32.5 Å². The van der Waals surface area contributed by atoms with Gasteiger partial charge >= 0.3 is 0 Å². The fraction of sp³-hybridized carbons (Fsp3) is 0.647. The average Bonchev–Trinajstić information content (AvgIpc) is 2.36. The van der Waals surface area contributed by atoms with E-state index in [1.165, 1.54) is 16.7 Å². The zero-order valence-corrected chi connectivity index (χ0v) is 13.7. The molecule has 1 unspecified atom stereocenters. The minimum absolute atomic E-state index is 0.0974. The summed E-state index contributed by atoms with van der Waals surface area (Å²) in [5.74, 6) is 0. The Bertz CT molecular complexity index is 410. The fourth-order valence-electron chi connectivity index (χ4n) is 1.94. The number of likely N-dealkylation sites (N-methyl/N-ethyl adjacent to an activating group) is 1. The van der Waals surface area contributed by atoms with E-state index in [0.29, 0.717) is 19.8 Å². The summed E-state index contributed by atoms with van der Waals surface area (Å²) >= 11 is 0. The smallest absolute Gasteiger partial charge is 0.0707 e. The van der Waals surface area contributed by atoms with Crippen molar-refractivity contribution >= 4 is 0 Å². The number of nitrogens with one attached hydrogen (secondary N) is 1. The number of benzene rings is 1. The van der Waals surface area contributed by atoms with Gasteiger partial charge in [0.25, 0.3) is 0 Å². The topological polar surface area (TPSA) is 30.5 Å². The molecule has 1 aromatic rings. The molecule has 3 heteroatoms. The lowest BCUT2D eigenvalue weighted by Gasteiger charge is -2.21. The Balaban J connectivity index is 2.41. The van der Waals surface area contributed by atoms with Crippen LogP contribution in [0.5, 0.6) is 0 Å². The molecule has 0 amide bonds. The van der Waals surface area contributed by atoms with Crippen molar-refractivity contribution < 1.29 is 9.47 Å². The fourth-order valence-corrected chi connectivity index (χ4v) is 1.94. The third kappa shape index (κ3) is 6.04. The van der Waals surface area contributed by atoms with E-state index < -0.39 is 0 Å². The molecule has 0 radical (unpaired) electrons. The van der Waals surface area contributed by atoms with Crippen LogP contribution in [0.3, 0.4) is 0 Å². The van der Waals surface area contributed by atoms with Gasteiger partial charge in [-0.3, -0.25) is 0 Å². The zero-order valence-electron chi connectivity index (χ0n) is 13.7. The Kier molecular flexibility index (Phi) is 6.66. The molecule has 1 N–H and O–H groups in total.